The molecule has 4 aromatic rings. The van der Waals surface area contributed by atoms with Crippen LogP contribution in [0.15, 0.2) is 71.5 Å². The second kappa shape index (κ2) is 17.3. The van der Waals surface area contributed by atoms with E-state index >= 15 is 0 Å². The van der Waals surface area contributed by atoms with E-state index in [4.69, 9.17) is 20.6 Å². The molecule has 1 unspecified atom stereocenters. The highest BCUT2D eigenvalue weighted by Crippen LogP contribution is 2.30. The van der Waals surface area contributed by atoms with E-state index in [0.29, 0.717) is 35.8 Å². The molecule has 4 rings (SSSR count). The minimum atomic E-state index is -0.840. The molecule has 0 radical (unpaired) electrons. The van der Waals surface area contributed by atoms with Crippen molar-refractivity contribution >= 4 is 29.2 Å². The Morgan fingerprint density at radius 3 is 2.17 bits per heavy atom. The Morgan fingerprint density at radius 2 is 1.66 bits per heavy atom. The number of hydrogen-bond donors (Lipinski definition) is 2. The van der Waals surface area contributed by atoms with Crippen molar-refractivity contribution in [2.75, 3.05) is 19.7 Å². The lowest BCUT2D eigenvalue weighted by Gasteiger charge is -2.35. The standard InChI is InChI=1S/C30H38N4O4.C6H6O2S/c1-6-38-30(37)25-22(5)28(35)34(19-23-11-8-7-9-12-23)27(32-25)26(20(2)3)33(18-10-17-31)29(36)24-15-13-21(4)14-16-24;1-4-2-3-5(9-4)6(7)8/h7-9,11-16,20,26H,6,10,17-19,31H2,1-5H3;2-3H,1H3,(H,7,8). The average molecular weight is 661 g/mol. The second-order valence-electron chi connectivity index (χ2n) is 11.5. The smallest absolute Gasteiger partial charge is 0.357 e. The normalized spacial score (nSPS) is 11.4. The van der Waals surface area contributed by atoms with E-state index < -0.39 is 18.0 Å². The third-order valence-corrected chi connectivity index (χ3v) is 8.41. The summed E-state index contributed by atoms with van der Waals surface area (Å²) in [6, 6.07) is 19.8. The van der Waals surface area contributed by atoms with Crippen molar-refractivity contribution in [2.45, 2.75) is 60.5 Å². The summed E-state index contributed by atoms with van der Waals surface area (Å²) in [7, 11) is 0. The van der Waals surface area contributed by atoms with Gasteiger partial charge in [-0.3, -0.25) is 14.2 Å². The number of rotatable bonds is 12. The summed E-state index contributed by atoms with van der Waals surface area (Å²) in [6.07, 6.45) is 0.570. The molecule has 0 fully saturated rings. The predicted octanol–water partition coefficient (Wildman–Crippen LogP) is 6.03. The fourth-order valence-electron chi connectivity index (χ4n) is 5.05. The number of ether oxygens (including phenoxy) is 1. The van der Waals surface area contributed by atoms with Gasteiger partial charge in [-0.05, 0) is 76.4 Å². The zero-order chi connectivity index (χ0) is 34.7. The van der Waals surface area contributed by atoms with Crippen LogP contribution in [0.25, 0.3) is 0 Å². The third kappa shape index (κ3) is 9.69. The quantitative estimate of drug-likeness (QED) is 0.175. The molecule has 1 atom stereocenters. The van der Waals surface area contributed by atoms with Gasteiger partial charge in [0.05, 0.1) is 19.2 Å². The lowest BCUT2D eigenvalue weighted by molar-refractivity contribution is 0.0514. The summed E-state index contributed by atoms with van der Waals surface area (Å²) in [4.78, 5) is 58.6. The van der Waals surface area contributed by atoms with Gasteiger partial charge in [0.15, 0.2) is 5.69 Å². The first kappa shape index (κ1) is 36.9. The number of carboxylic acid groups (broad SMARTS) is 1. The number of hydrogen-bond acceptors (Lipinski definition) is 8. The molecule has 2 aromatic carbocycles. The highest BCUT2D eigenvalue weighted by Gasteiger charge is 2.34. The molecule has 0 aliphatic rings. The topological polar surface area (TPSA) is 145 Å². The van der Waals surface area contributed by atoms with Gasteiger partial charge in [0.2, 0.25) is 0 Å². The number of aromatic carboxylic acids is 1. The molecule has 0 saturated heterocycles. The highest BCUT2D eigenvalue weighted by molar-refractivity contribution is 7.13. The summed E-state index contributed by atoms with van der Waals surface area (Å²) < 4.78 is 6.80. The first-order valence-corrected chi connectivity index (χ1v) is 16.4. The van der Waals surface area contributed by atoms with Gasteiger partial charge in [0.1, 0.15) is 10.7 Å². The molecule has 11 heteroatoms. The first-order valence-electron chi connectivity index (χ1n) is 15.6. The van der Waals surface area contributed by atoms with E-state index in [0.717, 1.165) is 16.0 Å². The Balaban J connectivity index is 0.000000573. The van der Waals surface area contributed by atoms with Crippen molar-refractivity contribution in [3.05, 3.63) is 121 Å². The van der Waals surface area contributed by atoms with Crippen LogP contribution in [0.1, 0.15) is 91.1 Å². The summed E-state index contributed by atoms with van der Waals surface area (Å²) in [5.74, 6) is -1.46. The number of nitrogens with two attached hydrogens (primary N) is 1. The minimum Gasteiger partial charge on any atom is -0.477 e. The number of carbonyl (C=O) groups excluding carboxylic acids is 2. The lowest BCUT2D eigenvalue weighted by atomic mass is 9.98. The molecule has 2 aromatic heterocycles. The maximum atomic E-state index is 13.9. The maximum absolute atomic E-state index is 13.9. The summed E-state index contributed by atoms with van der Waals surface area (Å²) in [5, 5.41) is 8.41. The van der Waals surface area contributed by atoms with E-state index in [1.54, 1.807) is 47.6 Å². The van der Waals surface area contributed by atoms with Crippen molar-refractivity contribution in [3.8, 4) is 0 Å². The number of carboxylic acids is 1. The van der Waals surface area contributed by atoms with Gasteiger partial charge in [-0.25, -0.2) is 14.6 Å². The molecule has 2 heterocycles. The average Bonchev–Trinajstić information content (AvgIpc) is 3.49. The predicted molar refractivity (Wildman–Crippen MR) is 184 cm³/mol. The molecular formula is C36H44N4O6S. The van der Waals surface area contributed by atoms with E-state index in [1.807, 2.05) is 70.2 Å². The van der Waals surface area contributed by atoms with Gasteiger partial charge in [-0.1, -0.05) is 61.9 Å². The number of benzene rings is 2. The molecule has 0 aliphatic carbocycles. The number of aryl methyl sites for hydroxylation is 2. The largest absolute Gasteiger partial charge is 0.477 e. The molecule has 47 heavy (non-hydrogen) atoms. The summed E-state index contributed by atoms with van der Waals surface area (Å²) in [6.45, 7) is 12.3. The van der Waals surface area contributed by atoms with Crippen LogP contribution < -0.4 is 11.3 Å². The van der Waals surface area contributed by atoms with Gasteiger partial charge in [-0.2, -0.15) is 0 Å². The molecule has 250 valence electrons. The molecule has 1 amide bonds. The Kier molecular flexibility index (Phi) is 13.6. The van der Waals surface area contributed by atoms with E-state index in [2.05, 4.69) is 0 Å². The number of nitrogens with zero attached hydrogens (tertiary/aromatic N) is 3. The Morgan fingerprint density at radius 1 is 1.00 bits per heavy atom. The van der Waals surface area contributed by atoms with Crippen LogP contribution in [0, 0.1) is 26.7 Å². The van der Waals surface area contributed by atoms with Gasteiger partial charge in [0.25, 0.3) is 11.5 Å². The second-order valence-corrected chi connectivity index (χ2v) is 12.7. The Labute approximate surface area is 279 Å². The fourth-order valence-corrected chi connectivity index (χ4v) is 5.75. The number of esters is 1. The van der Waals surface area contributed by atoms with Gasteiger partial charge < -0.3 is 20.5 Å². The summed E-state index contributed by atoms with van der Waals surface area (Å²) in [5.41, 5.74) is 8.19. The number of amides is 1. The van der Waals surface area contributed by atoms with Crippen LogP contribution in [-0.2, 0) is 11.3 Å². The molecule has 0 bridgehead atoms. The molecule has 0 aliphatic heterocycles. The van der Waals surface area contributed by atoms with E-state index in [-0.39, 0.29) is 41.8 Å². The van der Waals surface area contributed by atoms with Crippen molar-refractivity contribution in [1.29, 1.82) is 0 Å². The molecular weight excluding hydrogens is 616 g/mol. The SMILES string of the molecule is CCOC(=O)c1nc(C(C(C)C)N(CCCN)C(=O)c2ccc(C)cc2)n(Cc2ccccc2)c(=O)c1C.Cc1ccc(C(=O)O)s1. The van der Waals surface area contributed by atoms with Gasteiger partial charge >= 0.3 is 11.9 Å². The van der Waals surface area contributed by atoms with Gasteiger partial charge in [0, 0.05) is 22.5 Å². The van der Waals surface area contributed by atoms with Crippen molar-refractivity contribution in [1.82, 2.24) is 14.5 Å². The van der Waals surface area contributed by atoms with Gasteiger partial charge in [-0.15, -0.1) is 11.3 Å². The maximum Gasteiger partial charge on any atom is 0.357 e. The van der Waals surface area contributed by atoms with E-state index in [1.165, 1.54) is 11.3 Å². The number of aromatic nitrogens is 2. The van der Waals surface area contributed by atoms with Crippen LogP contribution in [-0.4, -0.2) is 57.1 Å². The minimum absolute atomic E-state index is 0.0247. The van der Waals surface area contributed by atoms with Crippen LogP contribution in [0.2, 0.25) is 0 Å². The Hall–Kier alpha value is -4.61. The lowest BCUT2D eigenvalue weighted by Crippen LogP contribution is -2.43. The zero-order valence-electron chi connectivity index (χ0n) is 27.9. The first-order chi connectivity index (χ1) is 22.4. The molecule has 0 saturated carbocycles. The van der Waals surface area contributed by atoms with Crippen molar-refractivity contribution in [3.63, 3.8) is 0 Å². The molecule has 0 spiro atoms. The van der Waals surface area contributed by atoms with Crippen molar-refractivity contribution < 1.29 is 24.2 Å². The highest BCUT2D eigenvalue weighted by atomic mass is 32.1. The Bertz CT molecular complexity index is 1710. The van der Waals surface area contributed by atoms with Crippen LogP contribution in [0.3, 0.4) is 0 Å². The number of thiophene rings is 1. The monoisotopic (exact) mass is 660 g/mol. The van der Waals surface area contributed by atoms with E-state index in [9.17, 15) is 19.2 Å². The van der Waals surface area contributed by atoms with Crippen molar-refractivity contribution in [2.24, 2.45) is 11.7 Å². The number of carbonyl (C=O) groups is 3. The fraction of sp³-hybridized carbons (Fsp3) is 0.361. The third-order valence-electron chi connectivity index (χ3n) is 7.42. The summed E-state index contributed by atoms with van der Waals surface area (Å²) >= 11 is 1.30. The molecule has 3 N–H and O–H groups in total. The van der Waals surface area contributed by atoms with Crippen LogP contribution in [0.5, 0.6) is 0 Å². The van der Waals surface area contributed by atoms with Crippen LogP contribution in [0.4, 0.5) is 0 Å². The van der Waals surface area contributed by atoms with Crippen LogP contribution >= 0.6 is 11.3 Å². The zero-order valence-corrected chi connectivity index (χ0v) is 28.7. The molecule has 10 nitrogen and oxygen atoms in total.